The van der Waals surface area contributed by atoms with Crippen molar-refractivity contribution in [3.63, 3.8) is 0 Å². The van der Waals surface area contributed by atoms with Gasteiger partial charge in [0.25, 0.3) is 0 Å². The summed E-state index contributed by atoms with van der Waals surface area (Å²) >= 11 is 1.28. The molecular weight excluding hydrogens is 292 g/mol. The molecule has 110 valence electrons. The molecule has 21 heavy (non-hydrogen) atoms. The van der Waals surface area contributed by atoms with Gasteiger partial charge >= 0.3 is 12.1 Å². The van der Waals surface area contributed by atoms with Crippen LogP contribution in [0, 0.1) is 0 Å². The molecule has 1 unspecified atom stereocenters. The van der Waals surface area contributed by atoms with Crippen molar-refractivity contribution in [2.24, 2.45) is 0 Å². The van der Waals surface area contributed by atoms with Crippen LogP contribution in [0.4, 0.5) is 4.79 Å². The Labute approximate surface area is 125 Å². The first kappa shape index (κ1) is 15.0. The molecule has 0 saturated heterocycles. The number of carboxylic acid groups (broad SMARTS) is 1. The molecule has 0 radical (unpaired) electrons. The van der Waals surface area contributed by atoms with E-state index in [-0.39, 0.29) is 13.0 Å². The van der Waals surface area contributed by atoms with E-state index in [9.17, 15) is 9.59 Å². The molecule has 1 aromatic heterocycles. The minimum atomic E-state index is -1.00. The Kier molecular flexibility index (Phi) is 5.28. The van der Waals surface area contributed by atoms with E-state index < -0.39 is 18.1 Å². The second-order valence-corrected chi connectivity index (χ2v) is 5.18. The lowest BCUT2D eigenvalue weighted by atomic mass is 10.2. The molecule has 2 rings (SSSR count). The number of nitrogens with zero attached hydrogens (tertiary/aromatic N) is 1. The maximum absolute atomic E-state index is 11.8. The van der Waals surface area contributed by atoms with Crippen LogP contribution in [0.3, 0.4) is 0 Å². The van der Waals surface area contributed by atoms with Crippen LogP contribution in [-0.4, -0.2) is 22.2 Å². The number of aliphatic carboxylic acids is 1. The highest BCUT2D eigenvalue weighted by molar-refractivity contribution is 7.09. The third-order valence-corrected chi connectivity index (χ3v) is 3.57. The second-order valence-electron chi connectivity index (χ2n) is 4.26. The van der Waals surface area contributed by atoms with Gasteiger partial charge < -0.3 is 15.2 Å². The first-order valence-electron chi connectivity index (χ1n) is 6.22. The smallest absolute Gasteiger partial charge is 0.407 e. The molecule has 0 aliphatic carbocycles. The lowest BCUT2D eigenvalue weighted by Gasteiger charge is -2.15. The van der Waals surface area contributed by atoms with Gasteiger partial charge in [-0.3, -0.25) is 9.78 Å². The third kappa shape index (κ3) is 4.88. The molecule has 2 aromatic rings. The van der Waals surface area contributed by atoms with E-state index in [4.69, 9.17) is 9.84 Å². The fourth-order valence-electron chi connectivity index (χ4n) is 1.70. The van der Waals surface area contributed by atoms with Gasteiger partial charge in [-0.05, 0) is 5.56 Å². The van der Waals surface area contributed by atoms with Gasteiger partial charge in [0.1, 0.15) is 6.61 Å². The van der Waals surface area contributed by atoms with E-state index in [0.717, 1.165) is 5.56 Å². The molecule has 1 amide bonds. The zero-order chi connectivity index (χ0) is 15.1. The lowest BCUT2D eigenvalue weighted by Crippen LogP contribution is -2.30. The van der Waals surface area contributed by atoms with Crippen molar-refractivity contribution < 1.29 is 19.4 Å². The average Bonchev–Trinajstić information content (AvgIpc) is 2.99. The highest BCUT2D eigenvalue weighted by Crippen LogP contribution is 2.20. The summed E-state index contributed by atoms with van der Waals surface area (Å²) < 4.78 is 5.08. The molecule has 1 heterocycles. The molecule has 0 aliphatic heterocycles. The standard InChI is InChI=1S/C14H14N2O4S/c17-13(18)6-11(12-7-15-9-21-12)16-14(19)20-8-10-4-2-1-3-5-10/h1-5,7,9,11H,6,8H2,(H,16,19)(H,17,18). The summed E-state index contributed by atoms with van der Waals surface area (Å²) in [7, 11) is 0. The summed E-state index contributed by atoms with van der Waals surface area (Å²) in [5.41, 5.74) is 2.45. The van der Waals surface area contributed by atoms with E-state index in [0.29, 0.717) is 4.88 Å². The summed E-state index contributed by atoms with van der Waals surface area (Å²) in [6.45, 7) is 0.134. The number of carbonyl (C=O) groups is 2. The van der Waals surface area contributed by atoms with Crippen molar-refractivity contribution in [1.82, 2.24) is 10.3 Å². The number of alkyl carbamates (subject to hydrolysis) is 1. The molecule has 0 saturated carbocycles. The van der Waals surface area contributed by atoms with Gasteiger partial charge in [0.05, 0.1) is 18.0 Å². The Bertz CT molecular complexity index is 586. The second kappa shape index (κ2) is 7.39. The van der Waals surface area contributed by atoms with Crippen molar-refractivity contribution in [3.05, 3.63) is 52.5 Å². The number of hydrogen-bond donors (Lipinski definition) is 2. The fraction of sp³-hybridized carbons (Fsp3) is 0.214. The molecule has 1 atom stereocenters. The number of carbonyl (C=O) groups excluding carboxylic acids is 1. The maximum atomic E-state index is 11.8. The number of carboxylic acids is 1. The summed E-state index contributed by atoms with van der Waals surface area (Å²) in [6.07, 6.45) is 0.664. The van der Waals surface area contributed by atoms with Crippen LogP contribution in [0.25, 0.3) is 0 Å². The maximum Gasteiger partial charge on any atom is 0.407 e. The Hall–Kier alpha value is -2.41. The largest absolute Gasteiger partial charge is 0.481 e. The zero-order valence-corrected chi connectivity index (χ0v) is 11.9. The molecular formula is C14H14N2O4S. The van der Waals surface area contributed by atoms with Crippen molar-refractivity contribution in [3.8, 4) is 0 Å². The minimum absolute atomic E-state index is 0.134. The van der Waals surface area contributed by atoms with Gasteiger partial charge in [-0.25, -0.2) is 4.79 Å². The Morgan fingerprint density at radius 1 is 1.33 bits per heavy atom. The highest BCUT2D eigenvalue weighted by atomic mass is 32.1. The zero-order valence-electron chi connectivity index (χ0n) is 11.1. The van der Waals surface area contributed by atoms with Gasteiger partial charge in [0.2, 0.25) is 0 Å². The Morgan fingerprint density at radius 3 is 2.71 bits per heavy atom. The number of nitrogens with one attached hydrogen (secondary N) is 1. The third-order valence-electron chi connectivity index (χ3n) is 2.68. The van der Waals surface area contributed by atoms with Crippen LogP contribution < -0.4 is 5.32 Å². The van der Waals surface area contributed by atoms with Crippen LogP contribution in [0.2, 0.25) is 0 Å². The molecule has 2 N–H and O–H groups in total. The van der Waals surface area contributed by atoms with E-state index >= 15 is 0 Å². The number of benzene rings is 1. The number of hydrogen-bond acceptors (Lipinski definition) is 5. The van der Waals surface area contributed by atoms with Gasteiger partial charge in [-0.15, -0.1) is 11.3 Å². The Morgan fingerprint density at radius 2 is 2.10 bits per heavy atom. The lowest BCUT2D eigenvalue weighted by molar-refractivity contribution is -0.137. The van der Waals surface area contributed by atoms with Crippen molar-refractivity contribution in [2.45, 2.75) is 19.1 Å². The van der Waals surface area contributed by atoms with Gasteiger partial charge in [-0.1, -0.05) is 30.3 Å². The van der Waals surface area contributed by atoms with E-state index in [1.807, 2.05) is 30.3 Å². The monoisotopic (exact) mass is 306 g/mol. The normalized spacial score (nSPS) is 11.6. The molecule has 7 heteroatoms. The van der Waals surface area contributed by atoms with E-state index in [1.54, 1.807) is 5.51 Å². The SMILES string of the molecule is O=C(O)CC(NC(=O)OCc1ccccc1)c1cncs1. The van der Waals surface area contributed by atoms with Gasteiger partial charge in [0.15, 0.2) is 0 Å². The predicted molar refractivity (Wildman–Crippen MR) is 76.9 cm³/mol. The molecule has 0 fully saturated rings. The van der Waals surface area contributed by atoms with Crippen LogP contribution >= 0.6 is 11.3 Å². The van der Waals surface area contributed by atoms with E-state index in [2.05, 4.69) is 10.3 Å². The van der Waals surface area contributed by atoms with Crippen LogP contribution in [-0.2, 0) is 16.1 Å². The summed E-state index contributed by atoms with van der Waals surface area (Å²) in [5.74, 6) is -1.00. The van der Waals surface area contributed by atoms with Crippen LogP contribution in [0.15, 0.2) is 42.0 Å². The molecule has 1 aromatic carbocycles. The first-order chi connectivity index (χ1) is 10.1. The number of ether oxygens (including phenoxy) is 1. The number of aromatic nitrogens is 1. The quantitative estimate of drug-likeness (QED) is 0.856. The van der Waals surface area contributed by atoms with Crippen LogP contribution in [0.1, 0.15) is 22.9 Å². The van der Waals surface area contributed by atoms with Crippen LogP contribution in [0.5, 0.6) is 0 Å². The number of rotatable bonds is 6. The highest BCUT2D eigenvalue weighted by Gasteiger charge is 2.20. The van der Waals surface area contributed by atoms with Crippen molar-refractivity contribution in [1.29, 1.82) is 0 Å². The Balaban J connectivity index is 1.90. The predicted octanol–water partition coefficient (Wildman–Crippen LogP) is 2.59. The number of amides is 1. The van der Waals surface area contributed by atoms with E-state index in [1.165, 1.54) is 17.5 Å². The molecule has 0 bridgehead atoms. The van der Waals surface area contributed by atoms with Gasteiger partial charge in [-0.2, -0.15) is 0 Å². The summed E-state index contributed by atoms with van der Waals surface area (Å²) in [5, 5.41) is 11.4. The van der Waals surface area contributed by atoms with Gasteiger partial charge in [0, 0.05) is 11.1 Å². The summed E-state index contributed by atoms with van der Waals surface area (Å²) in [4.78, 5) is 27.2. The molecule has 6 nitrogen and oxygen atoms in total. The van der Waals surface area contributed by atoms with Crippen molar-refractivity contribution >= 4 is 23.4 Å². The topological polar surface area (TPSA) is 88.5 Å². The molecule has 0 spiro atoms. The summed E-state index contributed by atoms with van der Waals surface area (Å²) in [6, 6.07) is 8.60. The first-order valence-corrected chi connectivity index (χ1v) is 7.10. The fourth-order valence-corrected chi connectivity index (χ4v) is 2.37. The van der Waals surface area contributed by atoms with Crippen molar-refractivity contribution in [2.75, 3.05) is 0 Å². The minimum Gasteiger partial charge on any atom is -0.481 e. The molecule has 0 aliphatic rings. The number of thiazole rings is 1. The average molecular weight is 306 g/mol.